The van der Waals surface area contributed by atoms with E-state index in [9.17, 15) is 18.4 Å². The summed E-state index contributed by atoms with van der Waals surface area (Å²) < 4.78 is 27.1. The Morgan fingerprint density at radius 3 is 2.44 bits per heavy atom. The molecule has 2 aliphatic heterocycles. The second kappa shape index (κ2) is 9.16. The number of nitrogens with zero attached hydrogens (tertiary/aromatic N) is 4. The molecule has 3 fully saturated rings. The maximum absolute atomic E-state index is 13.8. The molecule has 6 nitrogen and oxygen atoms in total. The van der Waals surface area contributed by atoms with Crippen LogP contribution in [0.5, 0.6) is 0 Å². The molecule has 3 aliphatic rings. The second-order valence-corrected chi connectivity index (χ2v) is 9.44. The first kappa shape index (κ1) is 22.5. The van der Waals surface area contributed by atoms with Gasteiger partial charge in [-0.05, 0) is 61.1 Å². The number of amides is 2. The maximum atomic E-state index is 13.8. The summed E-state index contributed by atoms with van der Waals surface area (Å²) in [4.78, 5) is 36.0. The molecule has 1 aromatic heterocycles. The van der Waals surface area contributed by atoms with E-state index in [0.29, 0.717) is 26.2 Å². The van der Waals surface area contributed by atoms with Crippen LogP contribution in [-0.2, 0) is 9.59 Å². The third-order valence-corrected chi connectivity index (χ3v) is 7.49. The average molecular weight is 467 g/mol. The van der Waals surface area contributed by atoms with Crippen molar-refractivity contribution < 1.29 is 18.4 Å². The number of aromatic nitrogens is 1. The van der Waals surface area contributed by atoms with Gasteiger partial charge in [0.15, 0.2) is 0 Å². The Balaban J connectivity index is 1.11. The van der Waals surface area contributed by atoms with Gasteiger partial charge in [0.25, 0.3) is 0 Å². The van der Waals surface area contributed by atoms with E-state index in [-0.39, 0.29) is 28.7 Å². The van der Waals surface area contributed by atoms with Crippen LogP contribution in [0.2, 0.25) is 0 Å². The molecule has 3 heterocycles. The lowest BCUT2D eigenvalue weighted by Gasteiger charge is -2.37. The number of hydrogen-bond donors (Lipinski definition) is 0. The lowest BCUT2D eigenvalue weighted by molar-refractivity contribution is -0.134. The molecule has 1 saturated carbocycles. The summed E-state index contributed by atoms with van der Waals surface area (Å²) in [6, 6.07) is 9.03. The Kier molecular flexibility index (Phi) is 6.06. The molecule has 178 valence electrons. The predicted octanol–water partition coefficient (Wildman–Crippen LogP) is 3.35. The van der Waals surface area contributed by atoms with E-state index in [2.05, 4.69) is 9.88 Å². The number of benzene rings is 1. The Morgan fingerprint density at radius 2 is 1.74 bits per heavy atom. The molecule has 34 heavy (non-hydrogen) atoms. The van der Waals surface area contributed by atoms with Gasteiger partial charge >= 0.3 is 0 Å². The molecule has 8 heteroatoms. The molecule has 1 aromatic carbocycles. The standard InChI is InChI=1S/C26H28F2N4O2/c27-20-5-6-22(28)19(17-20)4-7-24(33)31-11-8-26(9-12-31)18-21(26)25(34)32-15-13-30(14-16-32)23-3-1-2-10-29-23/h1-7,10,17,21H,8-9,11-16,18H2/b7-4+/t21-/m1/s1. The summed E-state index contributed by atoms with van der Waals surface area (Å²) in [5.41, 5.74) is 0.0579. The summed E-state index contributed by atoms with van der Waals surface area (Å²) in [6.45, 7) is 4.12. The molecule has 2 aromatic rings. The van der Waals surface area contributed by atoms with Gasteiger partial charge in [-0.1, -0.05) is 6.07 Å². The Morgan fingerprint density at radius 1 is 0.971 bits per heavy atom. The van der Waals surface area contributed by atoms with Gasteiger partial charge in [0.05, 0.1) is 0 Å². The van der Waals surface area contributed by atoms with E-state index in [1.54, 1.807) is 11.1 Å². The van der Waals surface area contributed by atoms with Gasteiger partial charge in [0, 0.05) is 63.0 Å². The quantitative estimate of drug-likeness (QED) is 0.649. The van der Waals surface area contributed by atoms with Crippen molar-refractivity contribution in [2.24, 2.45) is 11.3 Å². The topological polar surface area (TPSA) is 56.8 Å². The SMILES string of the molecule is O=C(/C=C/c1cc(F)ccc1F)N1CCC2(CC1)C[C@@H]2C(=O)N1CCN(c2ccccn2)CC1. The van der Waals surface area contributed by atoms with Crippen molar-refractivity contribution in [2.75, 3.05) is 44.2 Å². The summed E-state index contributed by atoms with van der Waals surface area (Å²) in [5.74, 6) is -0.0966. The van der Waals surface area contributed by atoms with E-state index >= 15 is 0 Å². The number of pyridine rings is 1. The molecule has 2 saturated heterocycles. The number of hydrogen-bond acceptors (Lipinski definition) is 4. The number of likely N-dealkylation sites (tertiary alicyclic amines) is 1. The van der Waals surface area contributed by atoms with E-state index < -0.39 is 11.6 Å². The first-order valence-corrected chi connectivity index (χ1v) is 11.8. The molecule has 2 amide bonds. The third-order valence-electron chi connectivity index (χ3n) is 7.49. The number of halogens is 2. The zero-order chi connectivity index (χ0) is 23.7. The Labute approximate surface area is 197 Å². The smallest absolute Gasteiger partial charge is 0.246 e. The normalized spacial score (nSPS) is 21.8. The van der Waals surface area contributed by atoms with Crippen LogP contribution in [0, 0.1) is 23.0 Å². The molecule has 0 bridgehead atoms. The summed E-state index contributed by atoms with van der Waals surface area (Å²) >= 11 is 0. The van der Waals surface area contributed by atoms with Crippen LogP contribution in [0.1, 0.15) is 24.8 Å². The van der Waals surface area contributed by atoms with Crippen LogP contribution in [0.4, 0.5) is 14.6 Å². The molecule has 1 spiro atoms. The van der Waals surface area contributed by atoms with E-state index in [1.807, 2.05) is 23.1 Å². The number of piperidine rings is 1. The lowest BCUT2D eigenvalue weighted by atomic mass is 9.90. The number of piperazine rings is 1. The highest BCUT2D eigenvalue weighted by atomic mass is 19.1. The van der Waals surface area contributed by atoms with Crippen molar-refractivity contribution in [3.8, 4) is 0 Å². The van der Waals surface area contributed by atoms with Crippen LogP contribution in [0.15, 0.2) is 48.7 Å². The highest BCUT2D eigenvalue weighted by molar-refractivity contribution is 5.92. The number of carbonyl (C=O) groups is 2. The predicted molar refractivity (Wildman–Crippen MR) is 125 cm³/mol. The van der Waals surface area contributed by atoms with Gasteiger partial charge in [-0.25, -0.2) is 13.8 Å². The van der Waals surface area contributed by atoms with Crippen molar-refractivity contribution in [1.29, 1.82) is 0 Å². The van der Waals surface area contributed by atoms with Crippen molar-refractivity contribution in [3.05, 3.63) is 65.9 Å². The largest absolute Gasteiger partial charge is 0.353 e. The number of carbonyl (C=O) groups excluding carboxylic acids is 2. The molecular formula is C26H28F2N4O2. The third kappa shape index (κ3) is 4.54. The van der Waals surface area contributed by atoms with Gasteiger partial charge < -0.3 is 14.7 Å². The Bertz CT molecular complexity index is 1090. The fourth-order valence-corrected chi connectivity index (χ4v) is 5.25. The lowest BCUT2D eigenvalue weighted by Crippen LogP contribution is -2.50. The monoisotopic (exact) mass is 466 g/mol. The van der Waals surface area contributed by atoms with Gasteiger partial charge in [-0.2, -0.15) is 0 Å². The molecular weight excluding hydrogens is 438 g/mol. The molecule has 0 radical (unpaired) electrons. The van der Waals surface area contributed by atoms with Crippen molar-refractivity contribution in [1.82, 2.24) is 14.8 Å². The highest BCUT2D eigenvalue weighted by Crippen LogP contribution is 2.60. The molecule has 1 aliphatic carbocycles. The van der Waals surface area contributed by atoms with Gasteiger partial charge in [0.2, 0.25) is 11.8 Å². The molecule has 0 N–H and O–H groups in total. The maximum Gasteiger partial charge on any atom is 0.246 e. The second-order valence-electron chi connectivity index (χ2n) is 9.44. The van der Waals surface area contributed by atoms with Crippen LogP contribution in [-0.4, -0.2) is 65.9 Å². The average Bonchev–Trinajstić information content (AvgIpc) is 3.57. The zero-order valence-corrected chi connectivity index (χ0v) is 19.0. The first-order valence-electron chi connectivity index (χ1n) is 11.8. The Hall–Kier alpha value is -3.29. The van der Waals surface area contributed by atoms with Crippen molar-refractivity contribution >= 4 is 23.7 Å². The van der Waals surface area contributed by atoms with Gasteiger partial charge in [-0.3, -0.25) is 9.59 Å². The van der Waals surface area contributed by atoms with Gasteiger partial charge in [0.1, 0.15) is 17.5 Å². The van der Waals surface area contributed by atoms with E-state index in [1.165, 1.54) is 12.2 Å². The minimum atomic E-state index is -0.566. The van der Waals surface area contributed by atoms with E-state index in [4.69, 9.17) is 0 Å². The van der Waals surface area contributed by atoms with Crippen molar-refractivity contribution in [3.63, 3.8) is 0 Å². The number of rotatable bonds is 4. The zero-order valence-electron chi connectivity index (χ0n) is 19.0. The molecule has 1 atom stereocenters. The summed E-state index contributed by atoms with van der Waals surface area (Å²) in [7, 11) is 0. The highest BCUT2D eigenvalue weighted by Gasteiger charge is 2.59. The summed E-state index contributed by atoms with van der Waals surface area (Å²) in [5, 5.41) is 0. The number of anilines is 1. The van der Waals surface area contributed by atoms with Crippen LogP contribution < -0.4 is 4.90 Å². The van der Waals surface area contributed by atoms with Crippen LogP contribution >= 0.6 is 0 Å². The van der Waals surface area contributed by atoms with Crippen LogP contribution in [0.25, 0.3) is 6.08 Å². The minimum Gasteiger partial charge on any atom is -0.353 e. The molecule has 0 unspecified atom stereocenters. The molecule has 5 rings (SSSR count). The fourth-order valence-electron chi connectivity index (χ4n) is 5.25. The summed E-state index contributed by atoms with van der Waals surface area (Å²) in [6.07, 6.45) is 6.88. The van der Waals surface area contributed by atoms with Crippen LogP contribution in [0.3, 0.4) is 0 Å². The fraction of sp³-hybridized carbons (Fsp3) is 0.423. The minimum absolute atomic E-state index is 0.00433. The van der Waals surface area contributed by atoms with Gasteiger partial charge in [-0.15, -0.1) is 0 Å². The first-order chi connectivity index (χ1) is 16.4. The van der Waals surface area contributed by atoms with Crippen molar-refractivity contribution in [2.45, 2.75) is 19.3 Å². The van der Waals surface area contributed by atoms with E-state index in [0.717, 1.165) is 56.4 Å².